The Morgan fingerprint density at radius 3 is 2.60 bits per heavy atom. The van der Waals surface area contributed by atoms with Crippen molar-refractivity contribution < 1.29 is 0 Å². The third-order valence-electron chi connectivity index (χ3n) is 0.256. The van der Waals surface area contributed by atoms with Crippen LogP contribution in [0.2, 0.25) is 5.28 Å². The molecule has 26 valence electrons. The third-order valence-corrected chi connectivity index (χ3v) is 1.30. The van der Waals surface area contributed by atoms with Crippen LogP contribution in [0.3, 0.4) is 0 Å². The second-order valence-electron chi connectivity index (χ2n) is 0.679. The Morgan fingerprint density at radius 2 is 2.60 bits per heavy atom. The van der Waals surface area contributed by atoms with Gasteiger partial charge in [-0.15, -0.1) is 0 Å². The molecule has 0 saturated heterocycles. The second-order valence-corrected chi connectivity index (χ2v) is 2.38. The van der Waals surface area contributed by atoms with E-state index in [4.69, 9.17) is 10.0 Å². The van der Waals surface area contributed by atoms with Gasteiger partial charge in [0.2, 0.25) is 0 Å². The topological polar surface area (TPSA) is 0 Å². The normalized spacial score (nSPS) is 5.80. The molecule has 0 aromatic rings. The standard InChI is InChI=1S/C3H5.Al.ClH/c1-3-2;;/h3H,1-2H2;;1H/q;+2;/p-1. The van der Waals surface area contributed by atoms with Crippen LogP contribution in [0.1, 0.15) is 0 Å². The van der Waals surface area contributed by atoms with Crippen LogP contribution in [0.15, 0.2) is 12.7 Å². The first-order valence-electron chi connectivity index (χ1n) is 1.44. The summed E-state index contributed by atoms with van der Waals surface area (Å²) >= 11 is 0.140. The van der Waals surface area contributed by atoms with Crippen molar-refractivity contribution in [1.29, 1.82) is 0 Å². The van der Waals surface area contributed by atoms with Crippen LogP contribution in [0.5, 0.6) is 0 Å². The molecule has 0 unspecified atom stereocenters. The Kier molecular flexibility index (Phi) is 5.08. The van der Waals surface area contributed by atoms with E-state index in [2.05, 4.69) is 6.58 Å². The Hall–Kier alpha value is 0.562. The molecule has 0 aliphatic rings. The average Bonchev–Trinajstić information content (AvgIpc) is 1.41. The van der Waals surface area contributed by atoms with E-state index in [9.17, 15) is 0 Å². The van der Waals surface area contributed by atoms with E-state index in [1.807, 2.05) is 6.08 Å². The molecule has 0 radical (unpaired) electrons. The van der Waals surface area contributed by atoms with Gasteiger partial charge in [-0.1, -0.05) is 0 Å². The zero-order chi connectivity index (χ0) is 4.12. The van der Waals surface area contributed by atoms with Crippen molar-refractivity contribution in [2.75, 3.05) is 0 Å². The van der Waals surface area contributed by atoms with E-state index < -0.39 is 0 Å². The zero-order valence-electron chi connectivity index (χ0n) is 2.95. The van der Waals surface area contributed by atoms with Gasteiger partial charge in [0.05, 0.1) is 0 Å². The molecule has 0 heterocycles. The van der Waals surface area contributed by atoms with Crippen molar-refractivity contribution in [2.24, 2.45) is 0 Å². The Morgan fingerprint density at radius 1 is 2.00 bits per heavy atom. The van der Waals surface area contributed by atoms with Crippen LogP contribution in [0.25, 0.3) is 0 Å². The van der Waals surface area contributed by atoms with Gasteiger partial charge < -0.3 is 0 Å². The molecule has 2 heteroatoms. The molecule has 0 rings (SSSR count). The number of halogens is 1. The molecule has 0 aromatic heterocycles. The average molecular weight is 104 g/mol. The fraction of sp³-hybridized carbons (Fsp3) is 0.333. The molecule has 0 amide bonds. The van der Waals surface area contributed by atoms with Crippen LogP contribution >= 0.6 is 10.0 Å². The summed E-state index contributed by atoms with van der Waals surface area (Å²) in [5, 5.41) is 1.00. The maximum absolute atomic E-state index is 5.31. The summed E-state index contributed by atoms with van der Waals surface area (Å²) in [4.78, 5) is 0. The first kappa shape index (κ1) is 5.56. The van der Waals surface area contributed by atoms with Crippen molar-refractivity contribution in [2.45, 2.75) is 5.28 Å². The Balaban J connectivity index is 2.40. The molecule has 0 aromatic carbocycles. The van der Waals surface area contributed by atoms with Crippen molar-refractivity contribution in [1.82, 2.24) is 0 Å². The molecule has 0 aliphatic heterocycles. The van der Waals surface area contributed by atoms with Crippen molar-refractivity contribution in [3.63, 3.8) is 0 Å². The predicted molar refractivity (Wildman–Crippen MR) is 26.6 cm³/mol. The Labute approximate surface area is 42.7 Å². The molecule has 5 heavy (non-hydrogen) atoms. The summed E-state index contributed by atoms with van der Waals surface area (Å²) in [6.45, 7) is 3.49. The molecule has 0 bridgehead atoms. The Bertz CT molecular complexity index is 28.1. The van der Waals surface area contributed by atoms with E-state index in [0.717, 1.165) is 5.28 Å². The molecule has 0 aliphatic carbocycles. The van der Waals surface area contributed by atoms with Gasteiger partial charge in [-0.25, -0.2) is 0 Å². The number of rotatable bonds is 2. The monoisotopic (exact) mass is 103 g/mol. The molecule has 0 atom stereocenters. The summed E-state index contributed by atoms with van der Waals surface area (Å²) in [7, 11) is 5.31. The summed E-state index contributed by atoms with van der Waals surface area (Å²) in [6, 6.07) is 0. The van der Waals surface area contributed by atoms with E-state index in [-0.39, 0.29) is 14.3 Å². The maximum atomic E-state index is 5.31. The minimum atomic E-state index is 0.140. The van der Waals surface area contributed by atoms with E-state index in [1.165, 1.54) is 0 Å². The third kappa shape index (κ3) is 4.56. The van der Waals surface area contributed by atoms with Gasteiger partial charge in [0.1, 0.15) is 0 Å². The van der Waals surface area contributed by atoms with Crippen molar-refractivity contribution >= 4 is 24.3 Å². The van der Waals surface area contributed by atoms with E-state index in [1.54, 1.807) is 0 Å². The molecule has 0 saturated carbocycles. The first-order valence-corrected chi connectivity index (χ1v) is 4.01. The van der Waals surface area contributed by atoms with Gasteiger partial charge in [0, 0.05) is 0 Å². The quantitative estimate of drug-likeness (QED) is 0.367. The van der Waals surface area contributed by atoms with Crippen molar-refractivity contribution in [3.8, 4) is 0 Å². The van der Waals surface area contributed by atoms with Crippen molar-refractivity contribution in [3.05, 3.63) is 12.7 Å². The molecule has 0 nitrogen and oxygen atoms in total. The fourth-order valence-electron chi connectivity index (χ4n) is 0.0630. The minimum absolute atomic E-state index is 0.140. The summed E-state index contributed by atoms with van der Waals surface area (Å²) < 4.78 is 0. The molecule has 0 fully saturated rings. The molecular formula is C3H5AlCl+. The molecule has 0 N–H and O–H groups in total. The number of allylic oxidation sites excluding steroid dienone is 1. The van der Waals surface area contributed by atoms with Crippen LogP contribution in [0.4, 0.5) is 0 Å². The van der Waals surface area contributed by atoms with Gasteiger partial charge in [-0.3, -0.25) is 0 Å². The van der Waals surface area contributed by atoms with Crippen LogP contribution < -0.4 is 0 Å². The van der Waals surface area contributed by atoms with E-state index >= 15 is 0 Å². The zero-order valence-corrected chi connectivity index (χ0v) is 4.86. The van der Waals surface area contributed by atoms with Gasteiger partial charge in [0.15, 0.2) is 0 Å². The van der Waals surface area contributed by atoms with Gasteiger partial charge in [-0.2, -0.15) is 0 Å². The van der Waals surface area contributed by atoms with Crippen LogP contribution in [-0.4, -0.2) is 14.3 Å². The number of hydrogen-bond donors (Lipinski definition) is 0. The SMILES string of the molecule is C=C[CH2][Al+][Cl]. The number of hydrogen-bond acceptors (Lipinski definition) is 0. The summed E-state index contributed by atoms with van der Waals surface area (Å²) in [5.41, 5.74) is 0. The van der Waals surface area contributed by atoms with Crippen LogP contribution in [0, 0.1) is 0 Å². The van der Waals surface area contributed by atoms with Gasteiger partial charge in [0.25, 0.3) is 0 Å². The predicted octanol–water partition coefficient (Wildman–Crippen LogP) is 1.45. The molecular weight excluding hydrogens is 98.5 g/mol. The second kappa shape index (κ2) is 4.56. The summed E-state index contributed by atoms with van der Waals surface area (Å²) in [6.07, 6.45) is 1.84. The van der Waals surface area contributed by atoms with E-state index in [0.29, 0.717) is 0 Å². The summed E-state index contributed by atoms with van der Waals surface area (Å²) in [5.74, 6) is 0. The van der Waals surface area contributed by atoms with Crippen LogP contribution in [-0.2, 0) is 0 Å². The molecule has 0 spiro atoms. The van der Waals surface area contributed by atoms with Gasteiger partial charge in [-0.05, 0) is 0 Å². The van der Waals surface area contributed by atoms with Gasteiger partial charge >= 0.3 is 42.3 Å². The fourth-order valence-corrected chi connectivity index (χ4v) is 0.567. The first-order chi connectivity index (χ1) is 2.41.